The zero-order valence-electron chi connectivity index (χ0n) is 13.4. The third-order valence-electron chi connectivity index (χ3n) is 4.06. The molecule has 0 amide bonds. The van der Waals surface area contributed by atoms with E-state index < -0.39 is 23.6 Å². The summed E-state index contributed by atoms with van der Waals surface area (Å²) < 4.78 is 10.8. The molecular formula is C18H17ClO6. The van der Waals surface area contributed by atoms with E-state index in [2.05, 4.69) is 0 Å². The summed E-state index contributed by atoms with van der Waals surface area (Å²) >= 11 is 6.05. The molecule has 1 aromatic rings. The minimum Gasteiger partial charge on any atom is -0.507 e. The highest BCUT2D eigenvalue weighted by atomic mass is 35.5. The van der Waals surface area contributed by atoms with E-state index in [1.165, 1.54) is 6.08 Å². The maximum absolute atomic E-state index is 12.5. The fourth-order valence-electron chi connectivity index (χ4n) is 2.78. The van der Waals surface area contributed by atoms with Crippen LogP contribution in [0.15, 0.2) is 30.4 Å². The van der Waals surface area contributed by atoms with Crippen LogP contribution in [0.4, 0.5) is 0 Å². The number of esters is 1. The van der Waals surface area contributed by atoms with Crippen LogP contribution in [0.3, 0.4) is 0 Å². The van der Waals surface area contributed by atoms with Crippen molar-refractivity contribution in [1.82, 2.24) is 0 Å². The molecule has 2 unspecified atom stereocenters. The molecule has 1 saturated heterocycles. The third-order valence-corrected chi connectivity index (χ3v) is 4.49. The van der Waals surface area contributed by atoms with Gasteiger partial charge in [0.25, 0.3) is 0 Å². The number of halogens is 1. The molecule has 0 aromatic heterocycles. The molecule has 1 aromatic carbocycles. The smallest absolute Gasteiger partial charge is 0.342 e. The molecule has 6 nitrogen and oxygen atoms in total. The lowest BCUT2D eigenvalue weighted by Crippen LogP contribution is -2.19. The monoisotopic (exact) mass is 364 g/mol. The van der Waals surface area contributed by atoms with Crippen molar-refractivity contribution >= 4 is 23.4 Å². The Balaban J connectivity index is 2.01. The number of allylic oxidation sites excluding steroid dienone is 3. The molecule has 132 valence electrons. The Hall–Kier alpha value is -2.31. The normalized spacial score (nSPS) is 26.4. The van der Waals surface area contributed by atoms with Crippen molar-refractivity contribution in [2.45, 2.75) is 38.1 Å². The van der Waals surface area contributed by atoms with Crippen LogP contribution < -0.4 is 0 Å². The Morgan fingerprint density at radius 3 is 2.72 bits per heavy atom. The quantitative estimate of drug-likeness (QED) is 0.542. The summed E-state index contributed by atoms with van der Waals surface area (Å²) in [6.07, 6.45) is 6.13. The number of ketones is 1. The van der Waals surface area contributed by atoms with E-state index in [1.807, 2.05) is 6.08 Å². The van der Waals surface area contributed by atoms with E-state index >= 15 is 0 Å². The Labute approximate surface area is 149 Å². The highest BCUT2D eigenvalue weighted by Gasteiger charge is 2.38. The molecule has 0 radical (unpaired) electrons. The topological polar surface area (TPSA) is 96.4 Å². The van der Waals surface area contributed by atoms with Gasteiger partial charge in [0.15, 0.2) is 5.78 Å². The number of carbonyl (C=O) groups excluding carboxylic acids is 2. The minimum atomic E-state index is -0.802. The van der Waals surface area contributed by atoms with Gasteiger partial charge in [-0.05, 0) is 13.0 Å². The summed E-state index contributed by atoms with van der Waals surface area (Å²) in [5.41, 5.74) is -0.176. The van der Waals surface area contributed by atoms with Gasteiger partial charge in [0.05, 0.1) is 11.1 Å². The maximum Gasteiger partial charge on any atom is 0.342 e. The molecule has 2 heterocycles. The fraction of sp³-hybridized carbons (Fsp3) is 0.333. The summed E-state index contributed by atoms with van der Waals surface area (Å²) in [6.45, 7) is 1.72. The third kappa shape index (κ3) is 3.86. The van der Waals surface area contributed by atoms with Gasteiger partial charge in [-0.3, -0.25) is 4.79 Å². The van der Waals surface area contributed by atoms with Gasteiger partial charge >= 0.3 is 5.97 Å². The number of epoxide rings is 1. The van der Waals surface area contributed by atoms with Gasteiger partial charge in [-0.15, -0.1) is 0 Å². The van der Waals surface area contributed by atoms with E-state index in [4.69, 9.17) is 21.1 Å². The molecule has 0 saturated carbocycles. The van der Waals surface area contributed by atoms with E-state index in [9.17, 15) is 19.8 Å². The molecule has 1 fully saturated rings. The second kappa shape index (κ2) is 6.90. The molecule has 0 bridgehead atoms. The number of hydrogen-bond donors (Lipinski definition) is 2. The molecule has 7 heteroatoms. The van der Waals surface area contributed by atoms with Crippen LogP contribution in [-0.2, 0) is 20.7 Å². The minimum absolute atomic E-state index is 0.0348. The molecule has 0 aliphatic carbocycles. The van der Waals surface area contributed by atoms with Crippen molar-refractivity contribution in [2.75, 3.05) is 0 Å². The summed E-state index contributed by atoms with van der Waals surface area (Å²) in [6, 6.07) is 0.958. The first-order valence-electron chi connectivity index (χ1n) is 7.84. The fourth-order valence-corrected chi connectivity index (χ4v) is 3.00. The van der Waals surface area contributed by atoms with Crippen molar-refractivity contribution in [3.05, 3.63) is 46.5 Å². The highest BCUT2D eigenvalue weighted by Crippen LogP contribution is 2.37. The number of phenols is 2. The van der Waals surface area contributed by atoms with Gasteiger partial charge < -0.3 is 19.7 Å². The predicted molar refractivity (Wildman–Crippen MR) is 89.9 cm³/mol. The van der Waals surface area contributed by atoms with E-state index in [0.29, 0.717) is 6.42 Å². The van der Waals surface area contributed by atoms with E-state index in [1.54, 1.807) is 19.1 Å². The lowest BCUT2D eigenvalue weighted by Gasteiger charge is -2.16. The summed E-state index contributed by atoms with van der Waals surface area (Å²) in [7, 11) is 0. The van der Waals surface area contributed by atoms with E-state index in [0.717, 1.165) is 6.07 Å². The standard InChI is InChI=1S/C18H17ClO6/c1-9-6-15-14(25-15)5-3-2-4-10(20)7-11-16(18(23)24-9)12(21)8-13(22)17(11)19/h2-5,8-9,14-15,21-22H,6-7H2,1H3/t9-,14?,15?/m0/s1. The molecule has 0 spiro atoms. The molecule has 2 N–H and O–H groups in total. The number of rotatable bonds is 0. The number of ether oxygens (including phenoxy) is 2. The molecular weight excluding hydrogens is 348 g/mol. The Kier molecular flexibility index (Phi) is 4.83. The average Bonchev–Trinajstić information content (AvgIpc) is 3.25. The Morgan fingerprint density at radius 1 is 1.20 bits per heavy atom. The second-order valence-electron chi connectivity index (χ2n) is 6.06. The number of cyclic esters (lactones) is 1. The van der Waals surface area contributed by atoms with Crippen LogP contribution in [-0.4, -0.2) is 40.3 Å². The molecule has 3 rings (SSSR count). The lowest BCUT2D eigenvalue weighted by molar-refractivity contribution is -0.114. The van der Waals surface area contributed by atoms with Crippen molar-refractivity contribution in [2.24, 2.45) is 0 Å². The SMILES string of the molecule is C[C@H]1CC2OC2C=CC=CC(=O)Cc2c(Cl)c(O)cc(O)c2C(=O)O1. The van der Waals surface area contributed by atoms with Gasteiger partial charge in [-0.2, -0.15) is 0 Å². The number of phenolic OH excluding ortho intramolecular Hbond substituents is 2. The number of hydrogen-bond acceptors (Lipinski definition) is 6. The first-order valence-corrected chi connectivity index (χ1v) is 8.22. The van der Waals surface area contributed by atoms with Gasteiger partial charge in [-0.1, -0.05) is 29.8 Å². The van der Waals surface area contributed by atoms with Gasteiger partial charge in [0, 0.05) is 24.5 Å². The van der Waals surface area contributed by atoms with Crippen LogP contribution in [0.5, 0.6) is 11.5 Å². The molecule has 2 aliphatic rings. The number of aromatic hydroxyl groups is 2. The Bertz CT molecular complexity index is 782. The second-order valence-corrected chi connectivity index (χ2v) is 6.44. The summed E-state index contributed by atoms with van der Waals surface area (Å²) in [5.74, 6) is -2.04. The first kappa shape index (κ1) is 17.5. The van der Waals surface area contributed by atoms with Crippen molar-refractivity contribution in [3.63, 3.8) is 0 Å². The van der Waals surface area contributed by atoms with Crippen molar-refractivity contribution in [1.29, 1.82) is 0 Å². The zero-order chi connectivity index (χ0) is 18.1. The Morgan fingerprint density at radius 2 is 1.96 bits per heavy atom. The first-order chi connectivity index (χ1) is 11.9. The summed E-state index contributed by atoms with van der Waals surface area (Å²) in [4.78, 5) is 24.6. The van der Waals surface area contributed by atoms with Gasteiger partial charge in [0.1, 0.15) is 29.3 Å². The van der Waals surface area contributed by atoms with Crippen molar-refractivity contribution < 1.29 is 29.3 Å². The van der Waals surface area contributed by atoms with Crippen molar-refractivity contribution in [3.8, 4) is 11.5 Å². The maximum atomic E-state index is 12.5. The zero-order valence-corrected chi connectivity index (χ0v) is 14.2. The molecule has 3 atom stereocenters. The van der Waals surface area contributed by atoms with Gasteiger partial charge in [-0.25, -0.2) is 4.79 Å². The van der Waals surface area contributed by atoms with E-state index in [-0.39, 0.29) is 40.6 Å². The highest BCUT2D eigenvalue weighted by molar-refractivity contribution is 6.33. The summed E-state index contributed by atoms with van der Waals surface area (Å²) in [5, 5.41) is 19.7. The number of fused-ring (bicyclic) bond motifs is 2. The largest absolute Gasteiger partial charge is 0.507 e. The van der Waals surface area contributed by atoms with Crippen LogP contribution in [0, 0.1) is 0 Å². The molecule has 2 aliphatic heterocycles. The molecule has 25 heavy (non-hydrogen) atoms. The van der Waals surface area contributed by atoms with Crippen LogP contribution >= 0.6 is 11.6 Å². The van der Waals surface area contributed by atoms with Crippen LogP contribution in [0.1, 0.15) is 29.3 Å². The average molecular weight is 365 g/mol. The van der Waals surface area contributed by atoms with Crippen LogP contribution in [0.2, 0.25) is 5.02 Å². The van der Waals surface area contributed by atoms with Gasteiger partial charge in [0.2, 0.25) is 0 Å². The lowest BCUT2D eigenvalue weighted by atomic mass is 10.00. The van der Waals surface area contributed by atoms with Crippen LogP contribution in [0.25, 0.3) is 0 Å². The predicted octanol–water partition coefficient (Wildman–Crippen LogP) is 2.69. The number of carbonyl (C=O) groups is 2. The number of benzene rings is 1.